The summed E-state index contributed by atoms with van der Waals surface area (Å²) in [4.78, 5) is 36.7. The molecule has 0 bridgehead atoms. The Hall–Kier alpha value is -4.28. The number of hydrogen-bond acceptors (Lipinski definition) is 10. The number of methoxy groups -OCH3 is 1. The van der Waals surface area contributed by atoms with Gasteiger partial charge in [0, 0.05) is 50.7 Å². The molecule has 5 rings (SSSR count). The van der Waals surface area contributed by atoms with Crippen molar-refractivity contribution in [3.63, 3.8) is 0 Å². The zero-order chi connectivity index (χ0) is 26.3. The number of carbonyl (C=O) groups is 1. The minimum atomic E-state index is -0.279. The summed E-state index contributed by atoms with van der Waals surface area (Å²) in [5.74, 6) is 2.34. The predicted octanol–water partition coefficient (Wildman–Crippen LogP) is 2.92. The van der Waals surface area contributed by atoms with E-state index in [9.17, 15) is 4.79 Å². The molecule has 1 fully saturated rings. The fourth-order valence-electron chi connectivity index (χ4n) is 4.36. The van der Waals surface area contributed by atoms with Crippen LogP contribution in [0.3, 0.4) is 0 Å². The fraction of sp³-hybridized carbons (Fsp3) is 0.286. The molecule has 2 N–H and O–H groups in total. The number of rotatable bonds is 8. The van der Waals surface area contributed by atoms with E-state index in [2.05, 4.69) is 64.7 Å². The number of nitrogens with zero attached hydrogens (tertiary/aromatic N) is 6. The maximum atomic E-state index is 11.9. The van der Waals surface area contributed by atoms with Gasteiger partial charge in [-0.15, -0.1) is 0 Å². The highest BCUT2D eigenvalue weighted by Crippen LogP contribution is 2.18. The van der Waals surface area contributed by atoms with Crippen molar-refractivity contribution in [3.8, 4) is 11.5 Å². The smallest absolute Gasteiger partial charge is 0.324 e. The number of esters is 1. The van der Waals surface area contributed by atoms with Crippen LogP contribution >= 0.6 is 0 Å². The lowest BCUT2D eigenvalue weighted by Gasteiger charge is -2.32. The van der Waals surface area contributed by atoms with Crippen LogP contribution in [0.4, 0.5) is 11.6 Å². The van der Waals surface area contributed by atoms with Gasteiger partial charge in [-0.25, -0.2) is 24.9 Å². The molecule has 0 spiro atoms. The highest BCUT2D eigenvalue weighted by atomic mass is 16.5. The first-order valence-electron chi connectivity index (χ1n) is 12.5. The minimum Gasteiger partial charge on any atom is -0.468 e. The molecule has 0 unspecified atom stereocenters. The molecule has 0 aliphatic carbocycles. The first-order chi connectivity index (χ1) is 18.6. The van der Waals surface area contributed by atoms with E-state index in [1.807, 2.05) is 31.2 Å². The van der Waals surface area contributed by atoms with E-state index in [4.69, 9.17) is 4.74 Å². The first kappa shape index (κ1) is 25.4. The zero-order valence-corrected chi connectivity index (χ0v) is 21.5. The van der Waals surface area contributed by atoms with Gasteiger partial charge in [-0.2, -0.15) is 0 Å². The highest BCUT2D eigenvalue weighted by Gasteiger charge is 2.25. The Kier molecular flexibility index (Phi) is 7.91. The third kappa shape index (κ3) is 6.53. The maximum Gasteiger partial charge on any atom is 0.324 e. The minimum absolute atomic E-state index is 0.217. The molecule has 10 nitrogen and oxygen atoms in total. The van der Waals surface area contributed by atoms with E-state index < -0.39 is 0 Å². The number of aromatic nitrogens is 5. The molecule has 4 aromatic rings. The summed E-state index contributed by atoms with van der Waals surface area (Å²) < 4.78 is 4.88. The molecular weight excluding hydrogens is 480 g/mol. The summed E-state index contributed by atoms with van der Waals surface area (Å²) in [6, 6.07) is 17.5. The summed E-state index contributed by atoms with van der Waals surface area (Å²) in [5, 5.41) is 6.46. The van der Waals surface area contributed by atoms with E-state index in [-0.39, 0.29) is 12.0 Å². The average molecular weight is 511 g/mol. The number of carbonyl (C=O) groups excluding carboxylic acids is 1. The van der Waals surface area contributed by atoms with Gasteiger partial charge in [0.1, 0.15) is 29.2 Å². The van der Waals surface area contributed by atoms with E-state index in [1.165, 1.54) is 12.7 Å². The van der Waals surface area contributed by atoms with Gasteiger partial charge in [0.15, 0.2) is 5.82 Å². The zero-order valence-electron chi connectivity index (χ0n) is 21.5. The van der Waals surface area contributed by atoms with Crippen LogP contribution in [-0.4, -0.2) is 68.6 Å². The van der Waals surface area contributed by atoms with Gasteiger partial charge in [0.2, 0.25) is 0 Å². The van der Waals surface area contributed by atoms with Gasteiger partial charge >= 0.3 is 5.97 Å². The summed E-state index contributed by atoms with van der Waals surface area (Å²) >= 11 is 0. The van der Waals surface area contributed by atoms with Gasteiger partial charge in [0.05, 0.1) is 7.11 Å². The fourth-order valence-corrected chi connectivity index (χ4v) is 4.36. The molecule has 1 aliphatic rings. The summed E-state index contributed by atoms with van der Waals surface area (Å²) in [6.07, 6.45) is 4.05. The SMILES string of the molecule is COC(=O)[C@@H]1CN(Cc2ccc(Cc3nccc(Nc4ccnc(-c5cccc(C)n5)n4)n3)cc2)CCN1. The van der Waals surface area contributed by atoms with Gasteiger partial charge in [-0.3, -0.25) is 9.69 Å². The third-order valence-electron chi connectivity index (χ3n) is 6.27. The Morgan fingerprint density at radius 1 is 1.00 bits per heavy atom. The van der Waals surface area contributed by atoms with Crippen molar-refractivity contribution >= 4 is 17.6 Å². The van der Waals surface area contributed by atoms with Crippen LogP contribution in [0, 0.1) is 6.92 Å². The Morgan fingerprint density at radius 3 is 2.55 bits per heavy atom. The molecule has 1 saturated heterocycles. The number of aryl methyl sites for hydroxylation is 1. The number of hydrogen-bond donors (Lipinski definition) is 2. The summed E-state index contributed by atoms with van der Waals surface area (Å²) in [7, 11) is 1.42. The lowest BCUT2D eigenvalue weighted by atomic mass is 10.1. The van der Waals surface area contributed by atoms with Gasteiger partial charge in [-0.05, 0) is 42.3 Å². The molecule has 1 aliphatic heterocycles. The van der Waals surface area contributed by atoms with Gasteiger partial charge in [-0.1, -0.05) is 30.3 Å². The number of pyridine rings is 1. The summed E-state index contributed by atoms with van der Waals surface area (Å²) in [5.41, 5.74) is 3.95. The summed E-state index contributed by atoms with van der Waals surface area (Å²) in [6.45, 7) is 5.01. The van der Waals surface area contributed by atoms with Crippen molar-refractivity contribution in [1.82, 2.24) is 35.1 Å². The number of anilines is 2. The van der Waals surface area contributed by atoms with Crippen LogP contribution in [0.2, 0.25) is 0 Å². The highest BCUT2D eigenvalue weighted by molar-refractivity contribution is 5.76. The van der Waals surface area contributed by atoms with Crippen molar-refractivity contribution in [1.29, 1.82) is 0 Å². The van der Waals surface area contributed by atoms with Crippen LogP contribution in [0.15, 0.2) is 67.0 Å². The lowest BCUT2D eigenvalue weighted by Crippen LogP contribution is -2.54. The van der Waals surface area contributed by atoms with E-state index in [0.29, 0.717) is 36.3 Å². The van der Waals surface area contributed by atoms with Crippen molar-refractivity contribution in [2.24, 2.45) is 0 Å². The average Bonchev–Trinajstić information content (AvgIpc) is 2.94. The van der Waals surface area contributed by atoms with Crippen molar-refractivity contribution in [3.05, 3.63) is 89.6 Å². The molecule has 0 amide bonds. The molecular formula is C28H30N8O2. The molecule has 0 saturated carbocycles. The molecule has 38 heavy (non-hydrogen) atoms. The van der Waals surface area contributed by atoms with Crippen LogP contribution in [0.5, 0.6) is 0 Å². The number of ether oxygens (including phenoxy) is 1. The quantitative estimate of drug-likeness (QED) is 0.343. The van der Waals surface area contributed by atoms with Crippen LogP contribution in [0.25, 0.3) is 11.5 Å². The molecule has 4 heterocycles. The lowest BCUT2D eigenvalue weighted by molar-refractivity contribution is -0.144. The molecule has 10 heteroatoms. The maximum absolute atomic E-state index is 11.9. The molecule has 3 aromatic heterocycles. The molecule has 0 radical (unpaired) electrons. The number of benzene rings is 1. The third-order valence-corrected chi connectivity index (χ3v) is 6.27. The Labute approximate surface area is 221 Å². The number of piperazine rings is 1. The Morgan fingerprint density at radius 2 is 1.76 bits per heavy atom. The standard InChI is InChI=1S/C28H30N8O2/c1-19-4-3-5-22(32-19)27-31-13-11-25(35-27)33-24-10-12-30-26(34-24)16-20-6-8-21(9-7-20)17-36-15-14-29-23(18-36)28(37)38-2/h3-13,23,29H,14-18H2,1-2H3,(H,30,31,33,34,35)/t23-/m0/s1. The van der Waals surface area contributed by atoms with Crippen LogP contribution in [0.1, 0.15) is 22.6 Å². The number of nitrogens with one attached hydrogen (secondary N) is 2. The topological polar surface area (TPSA) is 118 Å². The van der Waals surface area contributed by atoms with Crippen molar-refractivity contribution in [2.45, 2.75) is 25.9 Å². The Balaban J connectivity index is 1.20. The largest absolute Gasteiger partial charge is 0.468 e. The molecule has 194 valence electrons. The monoisotopic (exact) mass is 510 g/mol. The predicted molar refractivity (Wildman–Crippen MR) is 144 cm³/mol. The van der Waals surface area contributed by atoms with E-state index in [0.717, 1.165) is 36.6 Å². The second-order valence-electron chi connectivity index (χ2n) is 9.17. The van der Waals surface area contributed by atoms with Crippen molar-refractivity contribution in [2.75, 3.05) is 32.1 Å². The van der Waals surface area contributed by atoms with Crippen molar-refractivity contribution < 1.29 is 9.53 Å². The Bertz CT molecular complexity index is 1400. The molecule has 1 atom stereocenters. The van der Waals surface area contributed by atoms with Crippen LogP contribution in [-0.2, 0) is 22.5 Å². The second kappa shape index (κ2) is 11.8. The second-order valence-corrected chi connectivity index (χ2v) is 9.17. The normalized spacial score (nSPS) is 15.7. The van der Waals surface area contributed by atoms with Crippen LogP contribution < -0.4 is 10.6 Å². The van der Waals surface area contributed by atoms with E-state index in [1.54, 1.807) is 18.5 Å². The first-order valence-corrected chi connectivity index (χ1v) is 12.5. The van der Waals surface area contributed by atoms with Gasteiger partial charge in [0.25, 0.3) is 0 Å². The molecule has 1 aromatic carbocycles. The van der Waals surface area contributed by atoms with Gasteiger partial charge < -0.3 is 15.4 Å². The van der Waals surface area contributed by atoms with E-state index >= 15 is 0 Å².